The van der Waals surface area contributed by atoms with Crippen molar-refractivity contribution in [2.24, 2.45) is 0 Å². The molecule has 0 unspecified atom stereocenters. The van der Waals surface area contributed by atoms with Crippen LogP contribution in [0.2, 0.25) is 0 Å². The van der Waals surface area contributed by atoms with Gasteiger partial charge in [-0.1, -0.05) is 17.6 Å². The highest BCUT2D eigenvalue weighted by molar-refractivity contribution is 7.13. The topological polar surface area (TPSA) is 60.0 Å². The number of hydrogen-bond donors (Lipinski definition) is 0. The summed E-state index contributed by atoms with van der Waals surface area (Å²) in [5.74, 6) is 1.39. The SMILES string of the molecule is C[C@@H](c1nc(-c2cccs2)no1)N1CCCC[C@H]1Cn1cccn1. The second kappa shape index (κ2) is 6.86. The molecule has 1 aliphatic rings. The van der Waals surface area contributed by atoms with E-state index in [1.807, 2.05) is 40.7 Å². The average Bonchev–Trinajstić information content (AvgIpc) is 3.35. The minimum absolute atomic E-state index is 0.118. The lowest BCUT2D eigenvalue weighted by atomic mass is 10.00. The molecule has 1 saturated heterocycles. The smallest absolute Gasteiger partial charge is 0.244 e. The van der Waals surface area contributed by atoms with Crippen LogP contribution < -0.4 is 0 Å². The maximum Gasteiger partial charge on any atom is 0.244 e. The first kappa shape index (κ1) is 15.5. The molecule has 3 aromatic heterocycles. The molecule has 0 saturated carbocycles. The molecule has 7 heteroatoms. The summed E-state index contributed by atoms with van der Waals surface area (Å²) in [6.45, 7) is 4.13. The number of nitrogens with zero attached hydrogens (tertiary/aromatic N) is 5. The summed E-state index contributed by atoms with van der Waals surface area (Å²) < 4.78 is 7.58. The molecule has 1 fully saturated rings. The van der Waals surface area contributed by atoms with E-state index in [1.54, 1.807) is 11.3 Å². The fourth-order valence-electron chi connectivity index (χ4n) is 3.41. The van der Waals surface area contributed by atoms with Gasteiger partial charge in [0.2, 0.25) is 11.7 Å². The van der Waals surface area contributed by atoms with E-state index >= 15 is 0 Å². The molecule has 6 nitrogen and oxygen atoms in total. The average molecular weight is 343 g/mol. The Bertz CT molecular complexity index is 752. The third-order valence-corrected chi connectivity index (χ3v) is 5.53. The molecule has 0 N–H and O–H groups in total. The second-order valence-corrected chi connectivity index (χ2v) is 7.17. The van der Waals surface area contributed by atoms with Crippen molar-refractivity contribution < 1.29 is 4.52 Å². The zero-order chi connectivity index (χ0) is 16.4. The fourth-order valence-corrected chi connectivity index (χ4v) is 4.05. The van der Waals surface area contributed by atoms with Gasteiger partial charge in [-0.3, -0.25) is 9.58 Å². The normalized spacial score (nSPS) is 20.3. The Kier molecular flexibility index (Phi) is 4.44. The molecule has 4 rings (SSSR count). The van der Waals surface area contributed by atoms with E-state index in [0.717, 1.165) is 18.0 Å². The van der Waals surface area contributed by atoms with Gasteiger partial charge in [0.1, 0.15) is 0 Å². The summed E-state index contributed by atoms with van der Waals surface area (Å²) in [4.78, 5) is 8.16. The molecular weight excluding hydrogens is 322 g/mol. The van der Waals surface area contributed by atoms with E-state index in [1.165, 1.54) is 19.3 Å². The molecule has 0 amide bonds. The molecule has 2 atom stereocenters. The van der Waals surface area contributed by atoms with Crippen LogP contribution in [-0.4, -0.2) is 37.4 Å². The first-order valence-corrected chi connectivity index (χ1v) is 9.30. The van der Waals surface area contributed by atoms with Crippen molar-refractivity contribution in [2.45, 2.75) is 44.8 Å². The zero-order valence-electron chi connectivity index (χ0n) is 13.7. The molecule has 24 heavy (non-hydrogen) atoms. The number of hydrogen-bond acceptors (Lipinski definition) is 6. The summed E-state index contributed by atoms with van der Waals surface area (Å²) in [5, 5.41) is 10.5. The lowest BCUT2D eigenvalue weighted by Crippen LogP contribution is -2.43. The molecule has 4 heterocycles. The molecule has 3 aromatic rings. The Labute approximate surface area is 145 Å². The highest BCUT2D eigenvalue weighted by Crippen LogP contribution is 2.30. The second-order valence-electron chi connectivity index (χ2n) is 6.23. The zero-order valence-corrected chi connectivity index (χ0v) is 14.5. The predicted molar refractivity (Wildman–Crippen MR) is 92.6 cm³/mol. The Morgan fingerprint density at radius 2 is 2.33 bits per heavy atom. The van der Waals surface area contributed by atoms with Gasteiger partial charge in [0, 0.05) is 18.4 Å². The molecule has 0 aromatic carbocycles. The summed E-state index contributed by atoms with van der Waals surface area (Å²) in [5.41, 5.74) is 0. The van der Waals surface area contributed by atoms with E-state index < -0.39 is 0 Å². The third-order valence-electron chi connectivity index (χ3n) is 4.67. The van der Waals surface area contributed by atoms with Crippen LogP contribution in [0.15, 0.2) is 40.5 Å². The minimum atomic E-state index is 0.118. The maximum atomic E-state index is 5.57. The Balaban J connectivity index is 1.52. The monoisotopic (exact) mass is 343 g/mol. The molecule has 0 aliphatic carbocycles. The van der Waals surface area contributed by atoms with E-state index in [4.69, 9.17) is 4.52 Å². The van der Waals surface area contributed by atoms with E-state index in [9.17, 15) is 0 Å². The van der Waals surface area contributed by atoms with Crippen molar-refractivity contribution in [1.29, 1.82) is 0 Å². The summed E-state index contributed by atoms with van der Waals surface area (Å²) in [7, 11) is 0. The number of likely N-dealkylation sites (tertiary alicyclic amines) is 1. The molecule has 126 valence electrons. The molecule has 0 spiro atoms. The van der Waals surface area contributed by atoms with Gasteiger partial charge in [0.15, 0.2) is 0 Å². The highest BCUT2D eigenvalue weighted by Gasteiger charge is 2.30. The summed E-state index contributed by atoms with van der Waals surface area (Å²) in [6.07, 6.45) is 7.52. The van der Waals surface area contributed by atoms with Crippen molar-refractivity contribution in [3.63, 3.8) is 0 Å². The maximum absolute atomic E-state index is 5.57. The number of piperidine rings is 1. The van der Waals surface area contributed by atoms with E-state index in [0.29, 0.717) is 17.8 Å². The van der Waals surface area contributed by atoms with Crippen LogP contribution in [0.25, 0.3) is 10.7 Å². The number of thiophene rings is 1. The van der Waals surface area contributed by atoms with Crippen LogP contribution in [0, 0.1) is 0 Å². The standard InChI is InChI=1S/C17H21N5OS/c1-13(17-19-16(20-23-17)15-7-4-11-24-15)22-10-3-2-6-14(22)12-21-9-5-8-18-21/h4-5,7-9,11,13-14H,2-3,6,10,12H2,1H3/t13-,14-/m0/s1. The van der Waals surface area contributed by atoms with Crippen LogP contribution >= 0.6 is 11.3 Å². The Hall–Kier alpha value is -1.99. The van der Waals surface area contributed by atoms with E-state index in [-0.39, 0.29) is 6.04 Å². The van der Waals surface area contributed by atoms with E-state index in [2.05, 4.69) is 27.1 Å². The van der Waals surface area contributed by atoms with Gasteiger partial charge in [0.25, 0.3) is 0 Å². The van der Waals surface area contributed by atoms with Crippen LogP contribution in [0.5, 0.6) is 0 Å². The molecule has 0 radical (unpaired) electrons. The van der Waals surface area contributed by atoms with Crippen LogP contribution in [-0.2, 0) is 6.54 Å². The van der Waals surface area contributed by atoms with Crippen molar-refractivity contribution in [1.82, 2.24) is 24.8 Å². The van der Waals surface area contributed by atoms with Crippen LogP contribution in [0.1, 0.15) is 38.1 Å². The predicted octanol–water partition coefficient (Wildman–Crippen LogP) is 3.61. The molecular formula is C17H21N5OS. The van der Waals surface area contributed by atoms with Gasteiger partial charge >= 0.3 is 0 Å². The van der Waals surface area contributed by atoms with Crippen molar-refractivity contribution in [2.75, 3.05) is 6.54 Å². The Morgan fingerprint density at radius 1 is 1.38 bits per heavy atom. The lowest BCUT2D eigenvalue weighted by Gasteiger charge is -2.38. The van der Waals surface area contributed by atoms with Crippen LogP contribution in [0.4, 0.5) is 0 Å². The van der Waals surface area contributed by atoms with Gasteiger partial charge in [-0.15, -0.1) is 11.3 Å². The quantitative estimate of drug-likeness (QED) is 0.708. The fraction of sp³-hybridized carbons (Fsp3) is 0.471. The largest absolute Gasteiger partial charge is 0.337 e. The molecule has 0 bridgehead atoms. The van der Waals surface area contributed by atoms with Crippen molar-refractivity contribution >= 4 is 11.3 Å². The van der Waals surface area contributed by atoms with Gasteiger partial charge in [-0.2, -0.15) is 10.1 Å². The third kappa shape index (κ3) is 3.14. The minimum Gasteiger partial charge on any atom is -0.337 e. The summed E-state index contributed by atoms with van der Waals surface area (Å²) in [6, 6.07) is 6.56. The van der Waals surface area contributed by atoms with Crippen molar-refractivity contribution in [3.8, 4) is 10.7 Å². The summed E-state index contributed by atoms with van der Waals surface area (Å²) >= 11 is 1.63. The molecule has 1 aliphatic heterocycles. The van der Waals surface area contributed by atoms with Gasteiger partial charge in [-0.25, -0.2) is 0 Å². The van der Waals surface area contributed by atoms with Gasteiger partial charge in [-0.05, 0) is 43.8 Å². The Morgan fingerprint density at radius 3 is 3.12 bits per heavy atom. The van der Waals surface area contributed by atoms with Gasteiger partial charge < -0.3 is 4.52 Å². The van der Waals surface area contributed by atoms with Gasteiger partial charge in [0.05, 0.1) is 17.5 Å². The lowest BCUT2D eigenvalue weighted by molar-refractivity contribution is 0.0720. The van der Waals surface area contributed by atoms with Crippen molar-refractivity contribution in [3.05, 3.63) is 41.9 Å². The van der Waals surface area contributed by atoms with Crippen LogP contribution in [0.3, 0.4) is 0 Å². The number of aromatic nitrogens is 4. The highest BCUT2D eigenvalue weighted by atomic mass is 32.1. The number of rotatable bonds is 5. The first-order valence-electron chi connectivity index (χ1n) is 8.42. The first-order chi connectivity index (χ1) is 11.8.